The van der Waals surface area contributed by atoms with Crippen LogP contribution in [0.5, 0.6) is 0 Å². The van der Waals surface area contributed by atoms with Gasteiger partial charge in [0, 0.05) is 18.4 Å². The summed E-state index contributed by atoms with van der Waals surface area (Å²) in [5, 5.41) is 2.85. The molecule has 4 heteroatoms. The molecule has 1 amide bonds. The van der Waals surface area contributed by atoms with Crippen LogP contribution in [0, 0.1) is 6.92 Å². The van der Waals surface area contributed by atoms with Gasteiger partial charge in [-0.25, -0.2) is 4.98 Å². The van der Waals surface area contributed by atoms with Crippen molar-refractivity contribution in [2.45, 2.75) is 20.3 Å². The maximum atomic E-state index is 11.9. The first-order valence-electron chi connectivity index (χ1n) is 6.06. The van der Waals surface area contributed by atoms with Gasteiger partial charge in [-0.2, -0.15) is 0 Å². The number of amides is 1. The Hall–Kier alpha value is -2.10. The third-order valence-electron chi connectivity index (χ3n) is 2.76. The minimum absolute atomic E-state index is 0.123. The summed E-state index contributed by atoms with van der Waals surface area (Å²) in [6.45, 7) is 4.59. The number of hydrogen-bond acceptors (Lipinski definition) is 2. The largest absolute Gasteiger partial charge is 0.350 e. The number of nitrogens with one attached hydrogen (secondary N) is 1. The quantitative estimate of drug-likeness (QED) is 0.661. The number of allylic oxidation sites excluding steroid dienone is 1. The molecule has 2 heterocycles. The van der Waals surface area contributed by atoms with E-state index in [1.807, 2.05) is 48.6 Å². The van der Waals surface area contributed by atoms with E-state index < -0.39 is 0 Å². The maximum Gasteiger partial charge on any atom is 0.271 e. The minimum atomic E-state index is -0.123. The van der Waals surface area contributed by atoms with Gasteiger partial charge >= 0.3 is 0 Å². The number of aromatic nitrogens is 2. The van der Waals surface area contributed by atoms with Gasteiger partial charge in [0.05, 0.1) is 0 Å². The third kappa shape index (κ3) is 2.59. The molecule has 0 aliphatic rings. The zero-order valence-corrected chi connectivity index (χ0v) is 10.7. The van der Waals surface area contributed by atoms with E-state index in [-0.39, 0.29) is 5.91 Å². The number of rotatable bonds is 4. The Morgan fingerprint density at radius 1 is 1.50 bits per heavy atom. The van der Waals surface area contributed by atoms with Crippen LogP contribution in [-0.2, 0) is 0 Å². The van der Waals surface area contributed by atoms with Gasteiger partial charge in [-0.1, -0.05) is 18.2 Å². The number of fused-ring (bicyclic) bond motifs is 1. The van der Waals surface area contributed by atoms with Crippen molar-refractivity contribution in [2.75, 3.05) is 6.54 Å². The van der Waals surface area contributed by atoms with Crippen LogP contribution < -0.4 is 5.32 Å². The third-order valence-corrected chi connectivity index (χ3v) is 2.76. The van der Waals surface area contributed by atoms with Gasteiger partial charge in [0.1, 0.15) is 11.3 Å². The van der Waals surface area contributed by atoms with E-state index in [1.165, 1.54) is 0 Å². The van der Waals surface area contributed by atoms with Gasteiger partial charge < -0.3 is 9.72 Å². The number of nitrogens with zero attached hydrogens (tertiary/aromatic N) is 2. The number of pyridine rings is 1. The Morgan fingerprint density at radius 2 is 2.33 bits per heavy atom. The lowest BCUT2D eigenvalue weighted by atomic mass is 10.3. The molecule has 94 valence electrons. The van der Waals surface area contributed by atoms with Crippen LogP contribution in [0.3, 0.4) is 0 Å². The van der Waals surface area contributed by atoms with Crippen LogP contribution >= 0.6 is 0 Å². The molecule has 18 heavy (non-hydrogen) atoms. The molecule has 2 aromatic heterocycles. The molecular formula is C14H17N3O. The van der Waals surface area contributed by atoms with Gasteiger partial charge in [0.25, 0.3) is 5.91 Å². The number of imidazole rings is 1. The highest BCUT2D eigenvalue weighted by Gasteiger charge is 2.10. The summed E-state index contributed by atoms with van der Waals surface area (Å²) in [6, 6.07) is 5.82. The summed E-state index contributed by atoms with van der Waals surface area (Å²) in [4.78, 5) is 16.2. The Labute approximate surface area is 106 Å². The molecule has 1 N–H and O–H groups in total. The van der Waals surface area contributed by atoms with E-state index in [0.717, 1.165) is 17.8 Å². The van der Waals surface area contributed by atoms with Crippen LogP contribution in [0.4, 0.5) is 0 Å². The van der Waals surface area contributed by atoms with Gasteiger partial charge in [0.15, 0.2) is 0 Å². The Balaban J connectivity index is 2.11. The van der Waals surface area contributed by atoms with Crippen molar-refractivity contribution < 1.29 is 4.79 Å². The van der Waals surface area contributed by atoms with Crippen LogP contribution in [0.2, 0.25) is 0 Å². The Kier molecular flexibility index (Phi) is 3.77. The second-order valence-electron chi connectivity index (χ2n) is 4.14. The van der Waals surface area contributed by atoms with Crippen molar-refractivity contribution in [3.05, 3.63) is 47.9 Å². The molecule has 0 aromatic carbocycles. The molecule has 0 aliphatic heterocycles. The van der Waals surface area contributed by atoms with Crippen molar-refractivity contribution in [1.29, 1.82) is 0 Å². The second-order valence-corrected chi connectivity index (χ2v) is 4.14. The lowest BCUT2D eigenvalue weighted by molar-refractivity contribution is 0.0950. The molecule has 0 aliphatic carbocycles. The van der Waals surface area contributed by atoms with Crippen molar-refractivity contribution in [3.63, 3.8) is 0 Å². The topological polar surface area (TPSA) is 46.4 Å². The normalized spacial score (nSPS) is 11.2. The van der Waals surface area contributed by atoms with E-state index >= 15 is 0 Å². The monoisotopic (exact) mass is 243 g/mol. The Morgan fingerprint density at radius 3 is 3.06 bits per heavy atom. The zero-order chi connectivity index (χ0) is 13.0. The van der Waals surface area contributed by atoms with Gasteiger partial charge in [0.2, 0.25) is 0 Å². The second kappa shape index (κ2) is 5.49. The van der Waals surface area contributed by atoms with E-state index in [4.69, 9.17) is 0 Å². The van der Waals surface area contributed by atoms with Crippen molar-refractivity contribution in [2.24, 2.45) is 0 Å². The first-order chi connectivity index (χ1) is 8.72. The summed E-state index contributed by atoms with van der Waals surface area (Å²) < 4.78 is 1.92. The summed E-state index contributed by atoms with van der Waals surface area (Å²) >= 11 is 0. The van der Waals surface area contributed by atoms with Gasteiger partial charge in [-0.05, 0) is 32.4 Å². The lowest BCUT2D eigenvalue weighted by Crippen LogP contribution is -2.24. The summed E-state index contributed by atoms with van der Waals surface area (Å²) in [5.41, 5.74) is 2.33. The van der Waals surface area contributed by atoms with Crippen LogP contribution in [-0.4, -0.2) is 21.8 Å². The molecule has 0 unspecified atom stereocenters. The van der Waals surface area contributed by atoms with E-state index in [0.29, 0.717) is 12.2 Å². The summed E-state index contributed by atoms with van der Waals surface area (Å²) in [7, 11) is 0. The predicted octanol–water partition coefficient (Wildman–Crippen LogP) is 2.34. The average Bonchev–Trinajstić information content (AvgIpc) is 2.80. The molecule has 4 nitrogen and oxygen atoms in total. The molecule has 0 fully saturated rings. The van der Waals surface area contributed by atoms with Crippen LogP contribution in [0.25, 0.3) is 5.65 Å². The maximum absolute atomic E-state index is 11.9. The first-order valence-corrected chi connectivity index (χ1v) is 6.06. The molecule has 2 rings (SSSR count). The van der Waals surface area contributed by atoms with Crippen molar-refractivity contribution >= 4 is 11.6 Å². The molecule has 0 saturated carbocycles. The van der Waals surface area contributed by atoms with E-state index in [2.05, 4.69) is 10.3 Å². The molecular weight excluding hydrogens is 226 g/mol. The lowest BCUT2D eigenvalue weighted by Gasteiger charge is -1.99. The number of hydrogen-bond donors (Lipinski definition) is 1. The summed E-state index contributed by atoms with van der Waals surface area (Å²) in [6.07, 6.45) is 6.61. The minimum Gasteiger partial charge on any atom is -0.350 e. The van der Waals surface area contributed by atoms with Gasteiger partial charge in [-0.3, -0.25) is 4.79 Å². The van der Waals surface area contributed by atoms with Crippen LogP contribution in [0.1, 0.15) is 29.5 Å². The van der Waals surface area contributed by atoms with Crippen LogP contribution in [0.15, 0.2) is 36.5 Å². The molecule has 0 bridgehead atoms. The molecule has 2 aromatic rings. The highest BCUT2D eigenvalue weighted by atomic mass is 16.1. The fourth-order valence-corrected chi connectivity index (χ4v) is 1.78. The fraction of sp³-hybridized carbons (Fsp3) is 0.286. The number of carbonyl (C=O) groups excluding carboxylic acids is 1. The standard InChI is InChI=1S/C14H17N3O/c1-3-4-5-9-15-14(18)12-10-17-11(2)7-6-8-13(17)16-12/h3-4,6-8,10H,5,9H2,1-2H3,(H,15,18)/b4-3+. The van der Waals surface area contributed by atoms with Gasteiger partial charge in [-0.15, -0.1) is 0 Å². The van der Waals surface area contributed by atoms with Crippen molar-refractivity contribution in [3.8, 4) is 0 Å². The fourth-order valence-electron chi connectivity index (χ4n) is 1.78. The highest BCUT2D eigenvalue weighted by Crippen LogP contribution is 2.08. The van der Waals surface area contributed by atoms with E-state index in [9.17, 15) is 4.79 Å². The molecule has 0 radical (unpaired) electrons. The zero-order valence-electron chi connectivity index (χ0n) is 10.7. The van der Waals surface area contributed by atoms with Crippen molar-refractivity contribution in [1.82, 2.24) is 14.7 Å². The predicted molar refractivity (Wildman–Crippen MR) is 71.7 cm³/mol. The molecule has 0 atom stereocenters. The Bertz CT molecular complexity index is 584. The number of carbonyl (C=O) groups is 1. The molecule has 0 spiro atoms. The summed E-state index contributed by atoms with van der Waals surface area (Å²) in [5.74, 6) is -0.123. The SMILES string of the molecule is C/C=C/CCNC(=O)c1cn2c(C)cccc2n1. The highest BCUT2D eigenvalue weighted by molar-refractivity contribution is 5.92. The smallest absolute Gasteiger partial charge is 0.271 e. The van der Waals surface area contributed by atoms with E-state index in [1.54, 1.807) is 6.20 Å². The number of aryl methyl sites for hydroxylation is 1. The first kappa shape index (κ1) is 12.4. The molecule has 0 saturated heterocycles. The average molecular weight is 243 g/mol.